The number of ether oxygens (including phenoxy) is 2. The van der Waals surface area contributed by atoms with E-state index in [-0.39, 0.29) is 34.9 Å². The van der Waals surface area contributed by atoms with Crippen LogP contribution in [0.2, 0.25) is 0 Å². The highest BCUT2D eigenvalue weighted by molar-refractivity contribution is 5.82. The van der Waals surface area contributed by atoms with E-state index in [9.17, 15) is 0 Å². The van der Waals surface area contributed by atoms with Gasteiger partial charge in [0.05, 0.1) is 11.2 Å². The Bertz CT molecular complexity index is 1720. The Kier molecular flexibility index (Phi) is 9.83. The highest BCUT2D eigenvalue weighted by Crippen LogP contribution is 2.53. The first kappa shape index (κ1) is 37.5. The molecule has 0 radical (unpaired) electrons. The van der Waals surface area contributed by atoms with Crippen LogP contribution in [-0.4, -0.2) is 21.0 Å². The summed E-state index contributed by atoms with van der Waals surface area (Å²) in [5, 5.41) is 5.69. The lowest BCUT2D eigenvalue weighted by molar-refractivity contribution is 0.137. The molecule has 4 nitrogen and oxygen atoms in total. The minimum atomic E-state index is -0.0472. The van der Waals surface area contributed by atoms with E-state index in [4.69, 9.17) is 9.47 Å². The number of aryl methyl sites for hydroxylation is 4. The van der Waals surface area contributed by atoms with Crippen molar-refractivity contribution in [1.29, 1.82) is 0 Å². The first-order chi connectivity index (χ1) is 21.5. The van der Waals surface area contributed by atoms with Gasteiger partial charge in [-0.1, -0.05) is 106 Å². The molecule has 48 heavy (non-hydrogen) atoms. The molecule has 0 bridgehead atoms. The second-order valence-electron chi connectivity index (χ2n) is 18.2. The van der Waals surface area contributed by atoms with E-state index < -0.39 is 0 Å². The van der Waals surface area contributed by atoms with Gasteiger partial charge < -0.3 is 9.47 Å². The number of rotatable bonds is 0. The fourth-order valence-electron chi connectivity index (χ4n) is 7.17. The molecule has 0 saturated heterocycles. The van der Waals surface area contributed by atoms with E-state index in [1.165, 1.54) is 68.4 Å². The lowest BCUT2D eigenvalue weighted by Crippen LogP contribution is -2.25. The first-order valence-electron chi connectivity index (χ1n) is 17.6. The Morgan fingerprint density at radius 1 is 0.667 bits per heavy atom. The van der Waals surface area contributed by atoms with Crippen LogP contribution in [0.5, 0.6) is 11.5 Å². The molecule has 0 N–H and O–H groups in total. The lowest BCUT2D eigenvalue weighted by atomic mass is 9.81. The monoisotopic (exact) mass is 652 g/mol. The molecule has 4 heteroatoms. The predicted molar refractivity (Wildman–Crippen MR) is 205 cm³/mol. The van der Waals surface area contributed by atoms with Crippen LogP contribution >= 0.6 is 0 Å². The van der Waals surface area contributed by atoms with Gasteiger partial charge in [-0.2, -0.15) is 5.10 Å². The average Bonchev–Trinajstić information content (AvgIpc) is 3.29. The molecule has 1 spiro atoms. The average molecular weight is 653 g/mol. The van der Waals surface area contributed by atoms with E-state index in [2.05, 4.69) is 144 Å². The summed E-state index contributed by atoms with van der Waals surface area (Å²) in [4.78, 5) is 0. The highest BCUT2D eigenvalue weighted by atomic mass is 16.5. The van der Waals surface area contributed by atoms with Gasteiger partial charge >= 0.3 is 0 Å². The Morgan fingerprint density at radius 2 is 1.17 bits per heavy atom. The van der Waals surface area contributed by atoms with E-state index in [1.807, 2.05) is 11.7 Å². The van der Waals surface area contributed by atoms with Crippen molar-refractivity contribution < 1.29 is 9.47 Å². The van der Waals surface area contributed by atoms with Gasteiger partial charge in [-0.05, 0) is 97.6 Å². The minimum absolute atomic E-state index is 0. The molecule has 262 valence electrons. The van der Waals surface area contributed by atoms with Crippen molar-refractivity contribution in [1.82, 2.24) is 9.78 Å². The molecule has 0 unspecified atom stereocenters. The summed E-state index contributed by atoms with van der Waals surface area (Å²) in [7, 11) is 2.00. The Morgan fingerprint density at radius 3 is 1.65 bits per heavy atom. The Balaban J connectivity index is 0.000000161. The van der Waals surface area contributed by atoms with Crippen molar-refractivity contribution in [3.8, 4) is 11.5 Å². The van der Waals surface area contributed by atoms with Crippen LogP contribution in [0.15, 0.2) is 42.5 Å². The van der Waals surface area contributed by atoms with E-state index >= 15 is 0 Å². The standard InChI is InChI=1S/C15H20O.C15H22O.C13H18N2.CH4/c1-10-5-6-12(14(2,3)4)11-9-15(7-8-15)16-13(10)11;1-10-7-8-12(14(2,3)4)11-9-15(5,6)16-13(10)11;1-9-11-7-6-10(13(2,3)4)8-12(11)15(5)14-9;/h5-6H,7-9H2,1-4H3;7-8H,9H2,1-6H3;6-8H,1-5H3;1H4. The maximum atomic E-state index is 6.17. The molecule has 0 amide bonds. The molecular formula is C44H64N2O2. The zero-order valence-corrected chi connectivity index (χ0v) is 32.1. The molecular weight excluding hydrogens is 588 g/mol. The van der Waals surface area contributed by atoms with Crippen molar-refractivity contribution in [2.75, 3.05) is 0 Å². The second-order valence-corrected chi connectivity index (χ2v) is 18.2. The van der Waals surface area contributed by atoms with Gasteiger partial charge in [0.15, 0.2) is 0 Å². The summed E-state index contributed by atoms with van der Waals surface area (Å²) in [6, 6.07) is 15.6. The van der Waals surface area contributed by atoms with Gasteiger partial charge in [-0.3, -0.25) is 4.68 Å². The summed E-state index contributed by atoms with van der Waals surface area (Å²) >= 11 is 0. The third kappa shape index (κ3) is 7.63. The van der Waals surface area contributed by atoms with Crippen molar-refractivity contribution in [3.63, 3.8) is 0 Å². The zero-order valence-electron chi connectivity index (χ0n) is 32.1. The quantitative estimate of drug-likeness (QED) is 0.190. The number of hydrogen-bond acceptors (Lipinski definition) is 3. The molecule has 3 heterocycles. The van der Waals surface area contributed by atoms with Gasteiger partial charge in [0, 0.05) is 36.4 Å². The summed E-state index contributed by atoms with van der Waals surface area (Å²) in [6.45, 7) is 31.0. The first-order valence-corrected chi connectivity index (χ1v) is 17.6. The van der Waals surface area contributed by atoms with Gasteiger partial charge in [-0.25, -0.2) is 0 Å². The molecule has 3 aliphatic rings. The maximum Gasteiger partial charge on any atom is 0.126 e. The summed E-state index contributed by atoms with van der Waals surface area (Å²) < 4.78 is 14.2. The van der Waals surface area contributed by atoms with Crippen molar-refractivity contribution in [2.24, 2.45) is 7.05 Å². The van der Waals surface area contributed by atoms with E-state index in [1.54, 1.807) is 0 Å². The fraction of sp³-hybridized carbons (Fsp3) is 0.568. The van der Waals surface area contributed by atoms with Gasteiger partial charge in [0.25, 0.3) is 0 Å². The van der Waals surface area contributed by atoms with Gasteiger partial charge in [0.2, 0.25) is 0 Å². The summed E-state index contributed by atoms with van der Waals surface area (Å²) in [5.41, 5.74) is 12.8. The maximum absolute atomic E-state index is 6.17. The SMILES string of the molecule is C.Cc1ccc(C(C)(C)C)c2c1OC(C)(C)C2.Cc1ccc(C(C)(C)C)c2c1OC1(CC1)C2.Cc1nn(C)c2cc(C(C)(C)C)ccc12. The van der Waals surface area contributed by atoms with Crippen LogP contribution in [0.1, 0.15) is 141 Å². The number of benzene rings is 3. The van der Waals surface area contributed by atoms with E-state index in [0.717, 1.165) is 24.3 Å². The number of nitrogens with zero attached hydrogens (tertiary/aromatic N) is 2. The van der Waals surface area contributed by atoms with E-state index in [0.29, 0.717) is 0 Å². The Labute approximate surface area is 292 Å². The third-order valence-corrected chi connectivity index (χ3v) is 10.0. The van der Waals surface area contributed by atoms with Gasteiger partial charge in [0.1, 0.15) is 22.7 Å². The van der Waals surface area contributed by atoms with Gasteiger partial charge in [-0.15, -0.1) is 0 Å². The van der Waals surface area contributed by atoms with Crippen LogP contribution in [0.4, 0.5) is 0 Å². The third-order valence-electron chi connectivity index (χ3n) is 10.0. The van der Waals surface area contributed by atoms with Crippen LogP contribution in [-0.2, 0) is 36.1 Å². The van der Waals surface area contributed by atoms with Crippen molar-refractivity contribution >= 4 is 10.9 Å². The van der Waals surface area contributed by atoms with Crippen LogP contribution in [0.25, 0.3) is 10.9 Å². The molecule has 0 atom stereocenters. The largest absolute Gasteiger partial charge is 0.487 e. The number of aromatic nitrogens is 2. The van der Waals surface area contributed by atoms with Crippen LogP contribution < -0.4 is 9.47 Å². The molecule has 1 fully saturated rings. The molecule has 1 aliphatic carbocycles. The normalized spacial score (nSPS) is 16.8. The zero-order chi connectivity index (χ0) is 34.9. The summed E-state index contributed by atoms with van der Waals surface area (Å²) in [5.74, 6) is 2.31. The highest BCUT2D eigenvalue weighted by Gasteiger charge is 2.51. The van der Waals surface area contributed by atoms with Crippen LogP contribution in [0, 0.1) is 20.8 Å². The predicted octanol–water partition coefficient (Wildman–Crippen LogP) is 11.6. The van der Waals surface area contributed by atoms with Crippen molar-refractivity contribution in [3.05, 3.63) is 87.1 Å². The molecule has 4 aromatic rings. The number of hydrogen-bond donors (Lipinski definition) is 0. The smallest absolute Gasteiger partial charge is 0.126 e. The molecule has 2 aliphatic heterocycles. The molecule has 3 aromatic carbocycles. The molecule has 1 aromatic heterocycles. The fourth-order valence-corrected chi connectivity index (χ4v) is 7.17. The minimum Gasteiger partial charge on any atom is -0.487 e. The number of fused-ring (bicyclic) bond motifs is 3. The lowest BCUT2D eigenvalue weighted by Gasteiger charge is -2.22. The van der Waals surface area contributed by atoms with Crippen LogP contribution in [0.3, 0.4) is 0 Å². The van der Waals surface area contributed by atoms with Crippen molar-refractivity contribution in [2.45, 2.75) is 157 Å². The molecule has 7 rings (SSSR count). The summed E-state index contributed by atoms with van der Waals surface area (Å²) in [6.07, 6.45) is 4.64. The molecule has 1 saturated carbocycles. The second kappa shape index (κ2) is 12.6. The topological polar surface area (TPSA) is 36.3 Å². The Hall–Kier alpha value is -3.27.